The van der Waals surface area contributed by atoms with Crippen molar-refractivity contribution < 1.29 is 15.3 Å². The third-order valence-electron chi connectivity index (χ3n) is 5.55. The number of aromatic hydroxyl groups is 2. The van der Waals surface area contributed by atoms with Crippen LogP contribution in [0.15, 0.2) is 42.7 Å². The van der Waals surface area contributed by atoms with Gasteiger partial charge in [-0.2, -0.15) is 0 Å². The minimum atomic E-state index is -1.12. The van der Waals surface area contributed by atoms with Gasteiger partial charge >= 0.3 is 0 Å². The second-order valence-corrected chi connectivity index (χ2v) is 9.48. The van der Waals surface area contributed by atoms with Crippen LogP contribution in [0.3, 0.4) is 0 Å². The number of pyridine rings is 1. The number of phenolic OH excluding ortho intramolecular Hbond substituents is 2. The van der Waals surface area contributed by atoms with E-state index in [9.17, 15) is 15.3 Å². The van der Waals surface area contributed by atoms with Gasteiger partial charge in [0, 0.05) is 17.7 Å². The topological polar surface area (TPSA) is 73.6 Å². The standard InChI is InChI=1S/C25H34BrNO3/c1-17(8-6-5-7-11-26)18(2)20-14-22(28)24(23(29)15-20)21(16-25(3,4)30)19-9-12-27-13-10-19/h9-10,12-18,28-30H,5-8,11H2,1-4H3/b21-16-. The van der Waals surface area contributed by atoms with Gasteiger partial charge in [0.05, 0.1) is 11.2 Å². The van der Waals surface area contributed by atoms with E-state index in [1.165, 1.54) is 19.3 Å². The average Bonchev–Trinajstić information content (AvgIpc) is 2.69. The van der Waals surface area contributed by atoms with Crippen LogP contribution in [0.5, 0.6) is 11.5 Å². The van der Waals surface area contributed by atoms with Crippen molar-refractivity contribution in [2.24, 2.45) is 5.92 Å². The maximum atomic E-state index is 10.9. The van der Waals surface area contributed by atoms with Gasteiger partial charge in [-0.15, -0.1) is 0 Å². The molecule has 2 atom stereocenters. The first-order chi connectivity index (χ1) is 14.1. The fourth-order valence-corrected chi connectivity index (χ4v) is 4.07. The molecule has 4 nitrogen and oxygen atoms in total. The lowest BCUT2D eigenvalue weighted by Crippen LogP contribution is -2.15. The summed E-state index contributed by atoms with van der Waals surface area (Å²) >= 11 is 3.47. The molecule has 2 unspecified atom stereocenters. The molecule has 0 aliphatic heterocycles. The van der Waals surface area contributed by atoms with Crippen LogP contribution in [0.4, 0.5) is 0 Å². The van der Waals surface area contributed by atoms with Gasteiger partial charge in [-0.1, -0.05) is 49.0 Å². The van der Waals surface area contributed by atoms with Crippen LogP contribution in [-0.2, 0) is 0 Å². The zero-order valence-corrected chi connectivity index (χ0v) is 20.0. The number of aliphatic hydroxyl groups is 1. The predicted octanol–water partition coefficient (Wildman–Crippen LogP) is 6.39. The lowest BCUT2D eigenvalue weighted by molar-refractivity contribution is 0.133. The summed E-state index contributed by atoms with van der Waals surface area (Å²) in [4.78, 5) is 4.04. The third-order valence-corrected chi connectivity index (χ3v) is 6.11. The first kappa shape index (κ1) is 24.4. The van der Waals surface area contributed by atoms with Crippen LogP contribution in [0.2, 0.25) is 0 Å². The van der Waals surface area contributed by atoms with E-state index in [4.69, 9.17) is 0 Å². The Labute approximate surface area is 188 Å². The van der Waals surface area contributed by atoms with Crippen molar-refractivity contribution in [3.63, 3.8) is 0 Å². The molecule has 0 spiro atoms. The minimum Gasteiger partial charge on any atom is -0.507 e. The number of rotatable bonds is 10. The number of benzene rings is 1. The molecule has 0 bridgehead atoms. The van der Waals surface area contributed by atoms with Crippen molar-refractivity contribution in [2.75, 3.05) is 5.33 Å². The average molecular weight is 476 g/mol. The maximum absolute atomic E-state index is 10.9. The molecule has 0 radical (unpaired) electrons. The fraction of sp³-hybridized carbons (Fsp3) is 0.480. The van der Waals surface area contributed by atoms with Gasteiger partial charge in [0.1, 0.15) is 11.5 Å². The van der Waals surface area contributed by atoms with Crippen molar-refractivity contribution in [2.45, 2.75) is 64.9 Å². The van der Waals surface area contributed by atoms with Gasteiger partial charge in [-0.3, -0.25) is 4.98 Å². The number of hydrogen-bond donors (Lipinski definition) is 3. The number of aromatic nitrogens is 1. The van der Waals surface area contributed by atoms with Crippen LogP contribution in [0, 0.1) is 5.92 Å². The summed E-state index contributed by atoms with van der Waals surface area (Å²) in [6.07, 6.45) is 9.61. The van der Waals surface area contributed by atoms with Crippen LogP contribution >= 0.6 is 15.9 Å². The summed E-state index contributed by atoms with van der Waals surface area (Å²) < 4.78 is 0. The fourth-order valence-electron chi connectivity index (χ4n) is 3.67. The Morgan fingerprint density at radius 1 is 1.07 bits per heavy atom. The Bertz CT molecular complexity index is 820. The second-order valence-electron chi connectivity index (χ2n) is 8.69. The molecule has 1 aromatic heterocycles. The molecule has 1 aromatic carbocycles. The van der Waals surface area contributed by atoms with Crippen molar-refractivity contribution in [3.8, 4) is 11.5 Å². The summed E-state index contributed by atoms with van der Waals surface area (Å²) in [7, 11) is 0. The lowest BCUT2D eigenvalue weighted by Gasteiger charge is -2.23. The number of hydrogen-bond acceptors (Lipinski definition) is 4. The quantitative estimate of drug-likeness (QED) is 0.274. The lowest BCUT2D eigenvalue weighted by atomic mass is 9.83. The number of unbranched alkanes of at least 4 members (excludes halogenated alkanes) is 2. The highest BCUT2D eigenvalue weighted by molar-refractivity contribution is 9.09. The van der Waals surface area contributed by atoms with E-state index in [2.05, 4.69) is 34.8 Å². The molecular weight excluding hydrogens is 442 g/mol. The van der Waals surface area contributed by atoms with Crippen LogP contribution in [0.25, 0.3) is 5.57 Å². The van der Waals surface area contributed by atoms with Gasteiger partial charge in [-0.05, 0) is 79.1 Å². The first-order valence-electron chi connectivity index (χ1n) is 10.6. The van der Waals surface area contributed by atoms with E-state index in [-0.39, 0.29) is 17.4 Å². The number of phenols is 2. The van der Waals surface area contributed by atoms with Crippen LogP contribution < -0.4 is 0 Å². The van der Waals surface area contributed by atoms with Gasteiger partial charge in [0.25, 0.3) is 0 Å². The van der Waals surface area contributed by atoms with Crippen molar-refractivity contribution in [1.82, 2.24) is 4.98 Å². The maximum Gasteiger partial charge on any atom is 0.127 e. The van der Waals surface area contributed by atoms with E-state index in [0.29, 0.717) is 17.1 Å². The highest BCUT2D eigenvalue weighted by Gasteiger charge is 2.22. The van der Waals surface area contributed by atoms with Crippen molar-refractivity contribution >= 4 is 21.5 Å². The van der Waals surface area contributed by atoms with E-state index in [1.807, 2.05) is 0 Å². The molecule has 0 aliphatic rings. The molecule has 2 aromatic rings. The first-order valence-corrected chi connectivity index (χ1v) is 11.7. The molecule has 30 heavy (non-hydrogen) atoms. The smallest absolute Gasteiger partial charge is 0.127 e. The molecule has 2 rings (SSSR count). The molecule has 5 heteroatoms. The molecule has 3 N–H and O–H groups in total. The molecule has 0 amide bonds. The number of halogens is 1. The minimum absolute atomic E-state index is 0.00986. The summed E-state index contributed by atoms with van der Waals surface area (Å²) in [5.74, 6) is 0.672. The zero-order valence-electron chi connectivity index (χ0n) is 18.4. The van der Waals surface area contributed by atoms with E-state index in [0.717, 1.165) is 22.9 Å². The van der Waals surface area contributed by atoms with Crippen molar-refractivity contribution in [3.05, 3.63) is 59.4 Å². The molecule has 0 saturated heterocycles. The molecule has 0 saturated carbocycles. The second kappa shape index (κ2) is 11.0. The summed E-state index contributed by atoms with van der Waals surface area (Å²) in [6, 6.07) is 7.08. The molecule has 0 fully saturated rings. The predicted molar refractivity (Wildman–Crippen MR) is 127 cm³/mol. The highest BCUT2D eigenvalue weighted by atomic mass is 79.9. The van der Waals surface area contributed by atoms with Crippen molar-refractivity contribution in [1.29, 1.82) is 0 Å². The zero-order chi connectivity index (χ0) is 22.3. The molecule has 1 heterocycles. The monoisotopic (exact) mass is 475 g/mol. The van der Waals surface area contributed by atoms with Crippen LogP contribution in [0.1, 0.15) is 76.0 Å². The largest absolute Gasteiger partial charge is 0.507 e. The Balaban J connectivity index is 2.37. The van der Waals surface area contributed by atoms with Gasteiger partial charge in [0.15, 0.2) is 0 Å². The van der Waals surface area contributed by atoms with E-state index in [1.54, 1.807) is 56.6 Å². The highest BCUT2D eigenvalue weighted by Crippen LogP contribution is 2.42. The van der Waals surface area contributed by atoms with Gasteiger partial charge in [-0.25, -0.2) is 0 Å². The summed E-state index contributed by atoms with van der Waals surface area (Å²) in [5, 5.41) is 33.2. The van der Waals surface area contributed by atoms with Gasteiger partial charge < -0.3 is 15.3 Å². The SMILES string of the molecule is CC(CCCCCBr)C(C)c1cc(O)c(/C(=C\C(C)(C)O)c2ccncc2)c(O)c1. The van der Waals surface area contributed by atoms with E-state index >= 15 is 0 Å². The Hall–Kier alpha value is -1.85. The Morgan fingerprint density at radius 2 is 1.67 bits per heavy atom. The van der Waals surface area contributed by atoms with Crippen LogP contribution in [-0.4, -0.2) is 31.2 Å². The summed E-state index contributed by atoms with van der Waals surface area (Å²) in [5.41, 5.74) is 1.46. The normalized spacial score (nSPS) is 14.5. The number of alkyl halides is 1. The Kier molecular flexibility index (Phi) is 8.92. The summed E-state index contributed by atoms with van der Waals surface area (Å²) in [6.45, 7) is 7.68. The van der Waals surface area contributed by atoms with E-state index < -0.39 is 5.60 Å². The van der Waals surface area contributed by atoms with Gasteiger partial charge in [0.2, 0.25) is 0 Å². The molecular formula is C25H34BrNO3. The Morgan fingerprint density at radius 3 is 2.20 bits per heavy atom. The number of nitrogens with zero attached hydrogens (tertiary/aromatic N) is 1. The molecule has 0 aliphatic carbocycles. The molecule has 164 valence electrons. The third kappa shape index (κ3) is 6.85.